The van der Waals surface area contributed by atoms with Crippen LogP contribution in [0.2, 0.25) is 0 Å². The van der Waals surface area contributed by atoms with Crippen LogP contribution < -0.4 is 5.73 Å². The van der Waals surface area contributed by atoms with E-state index in [-0.39, 0.29) is 23.9 Å². The van der Waals surface area contributed by atoms with E-state index in [1.165, 1.54) is 6.20 Å². The van der Waals surface area contributed by atoms with Gasteiger partial charge in [-0.05, 0) is 5.16 Å². The number of nitrogen functional groups attached to an aromatic ring is 1. The van der Waals surface area contributed by atoms with E-state index in [1.54, 1.807) is 0 Å². The SMILES string of the molecule is Cl.N=C(N)c1cnon1. The standard InChI is InChI=1S/C3H4N4O.ClH/c4-3(5)2-1-6-8-7-2;/h1H,(H3,4,5);1H. The summed E-state index contributed by atoms with van der Waals surface area (Å²) in [6.07, 6.45) is 1.28. The molecule has 0 aliphatic rings. The maximum absolute atomic E-state index is 6.77. The number of amidine groups is 1. The summed E-state index contributed by atoms with van der Waals surface area (Å²) in [4.78, 5) is 0. The molecular weight excluding hydrogens is 144 g/mol. The van der Waals surface area contributed by atoms with Gasteiger partial charge in [0.05, 0.1) is 0 Å². The maximum Gasteiger partial charge on any atom is 0.169 e. The van der Waals surface area contributed by atoms with Crippen molar-refractivity contribution < 1.29 is 4.63 Å². The molecule has 1 aromatic rings. The molecule has 6 heteroatoms. The number of nitrogens with two attached hydrogens (primary N) is 1. The highest BCUT2D eigenvalue weighted by molar-refractivity contribution is 5.92. The Balaban J connectivity index is 0.000000640. The molecule has 9 heavy (non-hydrogen) atoms. The molecular formula is C3H5ClN4O. The first-order valence-electron chi connectivity index (χ1n) is 1.92. The van der Waals surface area contributed by atoms with E-state index in [1.807, 2.05) is 0 Å². The highest BCUT2D eigenvalue weighted by Gasteiger charge is 1.97. The van der Waals surface area contributed by atoms with E-state index in [2.05, 4.69) is 14.9 Å². The number of halogens is 1. The van der Waals surface area contributed by atoms with Crippen molar-refractivity contribution in [3.63, 3.8) is 0 Å². The van der Waals surface area contributed by atoms with Crippen LogP contribution in [0.1, 0.15) is 5.69 Å². The molecule has 0 radical (unpaired) electrons. The minimum Gasteiger partial charge on any atom is -0.382 e. The zero-order valence-electron chi connectivity index (χ0n) is 4.37. The second-order valence-electron chi connectivity index (χ2n) is 1.21. The Morgan fingerprint density at radius 2 is 2.44 bits per heavy atom. The van der Waals surface area contributed by atoms with Crippen molar-refractivity contribution >= 4 is 18.2 Å². The zero-order chi connectivity index (χ0) is 5.98. The van der Waals surface area contributed by atoms with Gasteiger partial charge in [0, 0.05) is 0 Å². The third-order valence-corrected chi connectivity index (χ3v) is 0.637. The van der Waals surface area contributed by atoms with Crippen molar-refractivity contribution in [3.05, 3.63) is 11.9 Å². The lowest BCUT2D eigenvalue weighted by atomic mass is 10.5. The van der Waals surface area contributed by atoms with Gasteiger partial charge in [-0.25, -0.2) is 4.63 Å². The summed E-state index contributed by atoms with van der Waals surface area (Å²) in [6, 6.07) is 0. The van der Waals surface area contributed by atoms with Crippen LogP contribution in [0.5, 0.6) is 0 Å². The summed E-state index contributed by atoms with van der Waals surface area (Å²) in [5.41, 5.74) is 5.25. The Bertz CT molecular complexity index is 184. The van der Waals surface area contributed by atoms with Crippen molar-refractivity contribution in [1.29, 1.82) is 5.41 Å². The Morgan fingerprint density at radius 3 is 2.67 bits per heavy atom. The molecule has 0 unspecified atom stereocenters. The molecule has 0 fully saturated rings. The summed E-state index contributed by atoms with van der Waals surface area (Å²) < 4.78 is 4.15. The number of rotatable bonds is 1. The molecule has 1 heterocycles. The molecule has 0 saturated carbocycles. The van der Waals surface area contributed by atoms with Gasteiger partial charge < -0.3 is 5.73 Å². The van der Waals surface area contributed by atoms with Gasteiger partial charge in [-0.15, -0.1) is 12.4 Å². The summed E-state index contributed by atoms with van der Waals surface area (Å²) in [5, 5.41) is 13.3. The van der Waals surface area contributed by atoms with E-state index in [4.69, 9.17) is 11.1 Å². The van der Waals surface area contributed by atoms with E-state index >= 15 is 0 Å². The van der Waals surface area contributed by atoms with E-state index < -0.39 is 0 Å². The molecule has 0 spiro atoms. The van der Waals surface area contributed by atoms with Crippen molar-refractivity contribution in [1.82, 2.24) is 10.3 Å². The van der Waals surface area contributed by atoms with Crippen molar-refractivity contribution in [2.45, 2.75) is 0 Å². The quantitative estimate of drug-likeness (QED) is 0.426. The minimum atomic E-state index is -0.133. The maximum atomic E-state index is 6.77. The largest absolute Gasteiger partial charge is 0.382 e. The first-order chi connectivity index (χ1) is 3.80. The molecule has 50 valence electrons. The Kier molecular flexibility index (Phi) is 2.66. The predicted molar refractivity (Wildman–Crippen MR) is 32.6 cm³/mol. The third-order valence-electron chi connectivity index (χ3n) is 0.637. The van der Waals surface area contributed by atoms with Gasteiger partial charge in [0.1, 0.15) is 12.0 Å². The topological polar surface area (TPSA) is 88.8 Å². The molecule has 0 aliphatic carbocycles. The summed E-state index contributed by atoms with van der Waals surface area (Å²) >= 11 is 0. The second-order valence-corrected chi connectivity index (χ2v) is 1.21. The molecule has 0 saturated heterocycles. The second kappa shape index (κ2) is 3.03. The zero-order valence-corrected chi connectivity index (χ0v) is 5.18. The van der Waals surface area contributed by atoms with Crippen LogP contribution in [0.3, 0.4) is 0 Å². The predicted octanol–water partition coefficient (Wildman–Crippen LogP) is -0.225. The van der Waals surface area contributed by atoms with Gasteiger partial charge in [-0.1, -0.05) is 5.16 Å². The molecule has 0 aliphatic heterocycles. The van der Waals surface area contributed by atoms with Crippen molar-refractivity contribution in [2.75, 3.05) is 0 Å². The number of nitrogens with one attached hydrogen (secondary N) is 1. The number of hydrogen-bond acceptors (Lipinski definition) is 4. The van der Waals surface area contributed by atoms with Crippen LogP contribution >= 0.6 is 12.4 Å². The molecule has 1 rings (SSSR count). The monoisotopic (exact) mass is 148 g/mol. The fraction of sp³-hybridized carbons (Fsp3) is 0. The lowest BCUT2D eigenvalue weighted by molar-refractivity contribution is 0.306. The lowest BCUT2D eigenvalue weighted by Gasteiger charge is -1.80. The Labute approximate surface area is 57.1 Å². The number of aromatic nitrogens is 2. The summed E-state index contributed by atoms with van der Waals surface area (Å²) in [6.45, 7) is 0. The van der Waals surface area contributed by atoms with Crippen LogP contribution in [-0.4, -0.2) is 16.1 Å². The van der Waals surface area contributed by atoms with Crippen LogP contribution in [0.25, 0.3) is 0 Å². The lowest BCUT2D eigenvalue weighted by Crippen LogP contribution is -2.10. The first kappa shape index (κ1) is 7.90. The van der Waals surface area contributed by atoms with Crippen molar-refractivity contribution in [3.8, 4) is 0 Å². The summed E-state index contributed by atoms with van der Waals surface area (Å²) in [5.74, 6) is -0.133. The third kappa shape index (κ3) is 1.69. The van der Waals surface area contributed by atoms with E-state index in [9.17, 15) is 0 Å². The first-order valence-corrected chi connectivity index (χ1v) is 1.92. The minimum absolute atomic E-state index is 0. The molecule has 0 aromatic carbocycles. The number of hydrogen-bond donors (Lipinski definition) is 2. The fourth-order valence-corrected chi connectivity index (χ4v) is 0.283. The van der Waals surface area contributed by atoms with Crippen LogP contribution in [0.4, 0.5) is 0 Å². The molecule has 0 atom stereocenters. The van der Waals surface area contributed by atoms with Gasteiger partial charge >= 0.3 is 0 Å². The van der Waals surface area contributed by atoms with Gasteiger partial charge in [0.15, 0.2) is 5.69 Å². The summed E-state index contributed by atoms with van der Waals surface area (Å²) in [7, 11) is 0. The molecule has 1 aromatic heterocycles. The van der Waals surface area contributed by atoms with Gasteiger partial charge in [0.25, 0.3) is 0 Å². The normalized spacial score (nSPS) is 8.00. The van der Waals surface area contributed by atoms with Crippen molar-refractivity contribution in [2.24, 2.45) is 5.73 Å². The van der Waals surface area contributed by atoms with E-state index in [0.29, 0.717) is 0 Å². The molecule has 3 N–H and O–H groups in total. The van der Waals surface area contributed by atoms with Gasteiger partial charge in [-0.3, -0.25) is 5.41 Å². The molecule has 0 bridgehead atoms. The van der Waals surface area contributed by atoms with Gasteiger partial charge in [-0.2, -0.15) is 0 Å². The smallest absolute Gasteiger partial charge is 0.169 e. The van der Waals surface area contributed by atoms with Crippen LogP contribution in [-0.2, 0) is 0 Å². The van der Waals surface area contributed by atoms with Crippen LogP contribution in [0, 0.1) is 5.41 Å². The van der Waals surface area contributed by atoms with E-state index in [0.717, 1.165) is 0 Å². The fourth-order valence-electron chi connectivity index (χ4n) is 0.283. The average molecular weight is 149 g/mol. The Morgan fingerprint density at radius 1 is 1.78 bits per heavy atom. The Hall–Kier alpha value is -1.10. The highest BCUT2D eigenvalue weighted by Crippen LogP contribution is 1.85. The highest BCUT2D eigenvalue weighted by atomic mass is 35.5. The van der Waals surface area contributed by atoms with Crippen LogP contribution in [0.15, 0.2) is 10.8 Å². The molecule has 0 amide bonds. The number of nitrogens with zero attached hydrogens (tertiary/aromatic N) is 2. The average Bonchev–Trinajstić information content (AvgIpc) is 2.12. The molecule has 5 nitrogen and oxygen atoms in total. The van der Waals surface area contributed by atoms with Gasteiger partial charge in [0.2, 0.25) is 0 Å².